The maximum atomic E-state index is 12.5. The third-order valence-electron chi connectivity index (χ3n) is 4.22. The van der Waals surface area contributed by atoms with Gasteiger partial charge in [0.25, 0.3) is 0 Å². The smallest absolute Gasteiger partial charge is 0.420 e. The number of ether oxygens (including phenoxy) is 1. The molecule has 24 heavy (non-hydrogen) atoms. The van der Waals surface area contributed by atoms with Crippen LogP contribution < -0.4 is 10.5 Å². The van der Waals surface area contributed by atoms with E-state index in [4.69, 9.17) is 9.15 Å². The van der Waals surface area contributed by atoms with Crippen LogP contribution in [0.3, 0.4) is 0 Å². The van der Waals surface area contributed by atoms with Gasteiger partial charge in [-0.15, -0.1) is 0 Å². The minimum Gasteiger partial charge on any atom is -0.497 e. The second-order valence-electron chi connectivity index (χ2n) is 5.55. The van der Waals surface area contributed by atoms with E-state index in [0.29, 0.717) is 16.8 Å². The normalized spacial score (nSPS) is 12.6. The summed E-state index contributed by atoms with van der Waals surface area (Å²) in [5.41, 5.74) is 2.93. The molecule has 0 aliphatic rings. The summed E-state index contributed by atoms with van der Waals surface area (Å²) in [6.45, 7) is 1.96. The number of pyridine rings is 2. The number of aromatic nitrogens is 3. The van der Waals surface area contributed by atoms with Crippen molar-refractivity contribution in [2.45, 2.75) is 13.0 Å². The largest absolute Gasteiger partial charge is 0.497 e. The molecule has 0 aliphatic heterocycles. The van der Waals surface area contributed by atoms with Crippen molar-refractivity contribution in [1.29, 1.82) is 0 Å². The second-order valence-corrected chi connectivity index (χ2v) is 5.55. The topological polar surface area (TPSA) is 70.2 Å². The molecule has 0 spiro atoms. The van der Waals surface area contributed by atoms with Gasteiger partial charge in [0.15, 0.2) is 5.58 Å². The van der Waals surface area contributed by atoms with Crippen molar-refractivity contribution in [2.24, 2.45) is 0 Å². The monoisotopic (exact) mass is 321 g/mol. The summed E-state index contributed by atoms with van der Waals surface area (Å²) >= 11 is 0. The molecule has 0 saturated heterocycles. The number of methoxy groups -OCH3 is 1. The molecule has 0 aliphatic carbocycles. The average molecular weight is 321 g/mol. The van der Waals surface area contributed by atoms with Gasteiger partial charge in [-0.1, -0.05) is 0 Å². The first-order valence-corrected chi connectivity index (χ1v) is 7.57. The highest BCUT2D eigenvalue weighted by atomic mass is 16.5. The van der Waals surface area contributed by atoms with Crippen LogP contribution >= 0.6 is 0 Å². The standard InChI is InChI=1S/C18H15N3O3/c1-11(12-5-7-19-8-6-12)21-17-14-9-13(23-2)3-4-15(14)20-10-16(17)24-18(21)22/h3-11H,1-2H3. The Hall–Kier alpha value is -3.15. The fourth-order valence-corrected chi connectivity index (χ4v) is 2.97. The number of nitrogens with zero attached hydrogens (tertiary/aromatic N) is 3. The quantitative estimate of drug-likeness (QED) is 0.580. The highest BCUT2D eigenvalue weighted by molar-refractivity contribution is 6.02. The van der Waals surface area contributed by atoms with Gasteiger partial charge in [0.2, 0.25) is 0 Å². The summed E-state index contributed by atoms with van der Waals surface area (Å²) in [7, 11) is 1.61. The summed E-state index contributed by atoms with van der Waals surface area (Å²) in [6, 6.07) is 9.16. The SMILES string of the molecule is COc1ccc2ncc3oc(=O)n(C(C)c4ccncc4)c3c2c1. The molecule has 0 bridgehead atoms. The van der Waals surface area contributed by atoms with Crippen LogP contribution in [0.15, 0.2) is 58.1 Å². The van der Waals surface area contributed by atoms with Crippen molar-refractivity contribution in [2.75, 3.05) is 7.11 Å². The fraction of sp³-hybridized carbons (Fsp3) is 0.167. The van der Waals surface area contributed by atoms with Crippen LogP contribution in [-0.4, -0.2) is 21.6 Å². The van der Waals surface area contributed by atoms with Gasteiger partial charge in [0.05, 0.1) is 24.9 Å². The van der Waals surface area contributed by atoms with E-state index in [0.717, 1.165) is 16.5 Å². The van der Waals surface area contributed by atoms with Crippen molar-refractivity contribution < 1.29 is 9.15 Å². The van der Waals surface area contributed by atoms with E-state index in [1.807, 2.05) is 37.3 Å². The first-order chi connectivity index (χ1) is 11.7. The van der Waals surface area contributed by atoms with Gasteiger partial charge in [-0.05, 0) is 42.8 Å². The molecule has 1 atom stereocenters. The molecule has 1 aromatic carbocycles. The Kier molecular flexibility index (Phi) is 3.30. The third-order valence-corrected chi connectivity index (χ3v) is 4.22. The molecule has 3 aromatic heterocycles. The van der Waals surface area contributed by atoms with Gasteiger partial charge < -0.3 is 9.15 Å². The predicted molar refractivity (Wildman–Crippen MR) is 90.4 cm³/mol. The van der Waals surface area contributed by atoms with Crippen molar-refractivity contribution >= 4 is 22.0 Å². The minimum absolute atomic E-state index is 0.196. The van der Waals surface area contributed by atoms with E-state index >= 15 is 0 Å². The summed E-state index contributed by atoms with van der Waals surface area (Å²) in [5, 5.41) is 0.818. The molecule has 0 amide bonds. The summed E-state index contributed by atoms with van der Waals surface area (Å²) in [4.78, 5) is 20.9. The Balaban J connectivity index is 2.06. The summed E-state index contributed by atoms with van der Waals surface area (Å²) < 4.78 is 12.4. The van der Waals surface area contributed by atoms with Crippen LogP contribution in [0.1, 0.15) is 18.5 Å². The van der Waals surface area contributed by atoms with E-state index in [9.17, 15) is 4.79 Å². The molecule has 0 saturated carbocycles. The van der Waals surface area contributed by atoms with Gasteiger partial charge in [0, 0.05) is 17.8 Å². The predicted octanol–water partition coefficient (Wildman–Crippen LogP) is 3.16. The van der Waals surface area contributed by atoms with Crippen LogP contribution in [0.4, 0.5) is 0 Å². The van der Waals surface area contributed by atoms with Gasteiger partial charge >= 0.3 is 5.76 Å². The Labute approximate surface area is 137 Å². The van der Waals surface area contributed by atoms with Gasteiger partial charge in [0.1, 0.15) is 11.3 Å². The van der Waals surface area contributed by atoms with Crippen molar-refractivity contribution in [3.8, 4) is 5.75 Å². The summed E-state index contributed by atoms with van der Waals surface area (Å²) in [6.07, 6.45) is 5.00. The Morgan fingerprint density at radius 1 is 1.21 bits per heavy atom. The molecular weight excluding hydrogens is 306 g/mol. The van der Waals surface area contributed by atoms with E-state index in [2.05, 4.69) is 9.97 Å². The molecule has 120 valence electrons. The lowest BCUT2D eigenvalue weighted by Crippen LogP contribution is -2.19. The van der Waals surface area contributed by atoms with Crippen molar-refractivity contribution in [1.82, 2.24) is 14.5 Å². The number of oxazole rings is 1. The molecule has 4 rings (SSSR count). The zero-order chi connectivity index (χ0) is 16.7. The van der Waals surface area contributed by atoms with Crippen LogP contribution in [-0.2, 0) is 0 Å². The number of benzene rings is 1. The molecule has 0 N–H and O–H groups in total. The molecular formula is C18H15N3O3. The minimum atomic E-state index is -0.411. The van der Waals surface area contributed by atoms with Crippen molar-refractivity contribution in [3.63, 3.8) is 0 Å². The van der Waals surface area contributed by atoms with Crippen LogP contribution in [0.25, 0.3) is 22.0 Å². The van der Waals surface area contributed by atoms with Crippen LogP contribution in [0.2, 0.25) is 0 Å². The Morgan fingerprint density at radius 2 is 2.00 bits per heavy atom. The lowest BCUT2D eigenvalue weighted by molar-refractivity contribution is 0.415. The van der Waals surface area contributed by atoms with E-state index in [1.165, 1.54) is 0 Å². The van der Waals surface area contributed by atoms with E-state index in [-0.39, 0.29) is 6.04 Å². The molecule has 6 heteroatoms. The van der Waals surface area contributed by atoms with Gasteiger partial charge in [-0.2, -0.15) is 0 Å². The zero-order valence-corrected chi connectivity index (χ0v) is 13.3. The molecule has 3 heterocycles. The lowest BCUT2D eigenvalue weighted by atomic mass is 10.1. The molecule has 0 radical (unpaired) electrons. The second kappa shape index (κ2) is 5.49. The first kappa shape index (κ1) is 14.4. The molecule has 4 aromatic rings. The zero-order valence-electron chi connectivity index (χ0n) is 13.3. The number of fused-ring (bicyclic) bond motifs is 3. The van der Waals surface area contributed by atoms with E-state index in [1.54, 1.807) is 30.3 Å². The average Bonchev–Trinajstić information content (AvgIpc) is 2.97. The molecule has 1 unspecified atom stereocenters. The highest BCUT2D eigenvalue weighted by Crippen LogP contribution is 2.29. The van der Waals surface area contributed by atoms with Crippen LogP contribution in [0.5, 0.6) is 5.75 Å². The molecule has 6 nitrogen and oxygen atoms in total. The first-order valence-electron chi connectivity index (χ1n) is 7.57. The lowest BCUT2D eigenvalue weighted by Gasteiger charge is -2.14. The highest BCUT2D eigenvalue weighted by Gasteiger charge is 2.19. The van der Waals surface area contributed by atoms with E-state index < -0.39 is 5.76 Å². The Bertz CT molecular complexity index is 1080. The number of rotatable bonds is 3. The molecule has 0 fully saturated rings. The van der Waals surface area contributed by atoms with Gasteiger partial charge in [-0.25, -0.2) is 4.79 Å². The maximum Gasteiger partial charge on any atom is 0.420 e. The van der Waals surface area contributed by atoms with Crippen molar-refractivity contribution in [3.05, 3.63) is 65.0 Å². The number of hydrogen-bond acceptors (Lipinski definition) is 5. The van der Waals surface area contributed by atoms with Gasteiger partial charge in [-0.3, -0.25) is 14.5 Å². The van der Waals surface area contributed by atoms with Crippen LogP contribution in [0, 0.1) is 0 Å². The maximum absolute atomic E-state index is 12.5. The third kappa shape index (κ3) is 2.15. The Morgan fingerprint density at radius 3 is 2.75 bits per heavy atom. The number of hydrogen-bond donors (Lipinski definition) is 0. The fourth-order valence-electron chi connectivity index (χ4n) is 2.97. The summed E-state index contributed by atoms with van der Waals surface area (Å²) in [5.74, 6) is 0.292.